The summed E-state index contributed by atoms with van der Waals surface area (Å²) in [4.78, 5) is 4.59. The second-order valence-electron chi connectivity index (χ2n) is 5.89. The number of aryl methyl sites for hydroxylation is 3. The van der Waals surface area contributed by atoms with E-state index >= 15 is 0 Å². The van der Waals surface area contributed by atoms with Crippen LogP contribution in [0.5, 0.6) is 0 Å². The highest BCUT2D eigenvalue weighted by molar-refractivity contribution is 5.94. The van der Waals surface area contributed by atoms with Gasteiger partial charge in [0.2, 0.25) is 0 Å². The maximum atomic E-state index is 4.59. The van der Waals surface area contributed by atoms with Gasteiger partial charge in [0.25, 0.3) is 0 Å². The highest BCUT2D eigenvalue weighted by Crippen LogP contribution is 2.28. The normalized spacial score (nSPS) is 11.3. The van der Waals surface area contributed by atoms with Crippen molar-refractivity contribution >= 4 is 33.2 Å². The molecule has 2 heterocycles. The SMILES string of the molecule is Cc1cc(Nc2ccc3c(C)n(C)nc3c2)c2ccccc2n1. The molecular formula is C19H18N4. The molecule has 0 amide bonds. The third kappa shape index (κ3) is 2.32. The van der Waals surface area contributed by atoms with Crippen molar-refractivity contribution in [2.24, 2.45) is 7.05 Å². The van der Waals surface area contributed by atoms with Crippen molar-refractivity contribution in [1.29, 1.82) is 0 Å². The summed E-state index contributed by atoms with van der Waals surface area (Å²) in [6.07, 6.45) is 0. The fourth-order valence-electron chi connectivity index (χ4n) is 2.98. The lowest BCUT2D eigenvalue weighted by atomic mass is 10.1. The number of para-hydroxylation sites is 1. The van der Waals surface area contributed by atoms with Gasteiger partial charge in [-0.05, 0) is 44.2 Å². The van der Waals surface area contributed by atoms with Crippen LogP contribution in [0.2, 0.25) is 0 Å². The van der Waals surface area contributed by atoms with Gasteiger partial charge >= 0.3 is 0 Å². The molecule has 0 unspecified atom stereocenters. The van der Waals surface area contributed by atoms with Gasteiger partial charge in [0.15, 0.2) is 0 Å². The number of pyridine rings is 1. The van der Waals surface area contributed by atoms with Gasteiger partial charge in [0.1, 0.15) is 0 Å². The minimum atomic E-state index is 1.00. The van der Waals surface area contributed by atoms with Gasteiger partial charge in [-0.25, -0.2) is 0 Å². The lowest BCUT2D eigenvalue weighted by Gasteiger charge is -2.11. The molecule has 2 aromatic carbocycles. The second kappa shape index (κ2) is 5.09. The predicted molar refractivity (Wildman–Crippen MR) is 95.2 cm³/mol. The molecule has 0 bridgehead atoms. The van der Waals surface area contributed by atoms with E-state index in [1.165, 1.54) is 11.1 Å². The Morgan fingerprint density at radius 2 is 1.74 bits per heavy atom. The molecule has 4 heteroatoms. The fourth-order valence-corrected chi connectivity index (χ4v) is 2.98. The Balaban J connectivity index is 1.81. The van der Waals surface area contributed by atoms with Crippen molar-refractivity contribution in [3.63, 3.8) is 0 Å². The summed E-state index contributed by atoms with van der Waals surface area (Å²) in [5.41, 5.74) is 6.29. The molecule has 4 aromatic rings. The smallest absolute Gasteiger partial charge is 0.0946 e. The zero-order valence-corrected chi connectivity index (χ0v) is 13.5. The lowest BCUT2D eigenvalue weighted by molar-refractivity contribution is 0.751. The van der Waals surface area contributed by atoms with E-state index in [0.717, 1.165) is 33.5 Å². The van der Waals surface area contributed by atoms with E-state index in [1.54, 1.807) is 0 Å². The lowest BCUT2D eigenvalue weighted by Crippen LogP contribution is -1.94. The molecule has 0 radical (unpaired) electrons. The van der Waals surface area contributed by atoms with E-state index in [1.807, 2.05) is 36.9 Å². The molecule has 0 atom stereocenters. The number of rotatable bonds is 2. The topological polar surface area (TPSA) is 42.7 Å². The Kier molecular flexibility index (Phi) is 3.05. The Morgan fingerprint density at radius 3 is 2.61 bits per heavy atom. The molecule has 2 aromatic heterocycles. The molecule has 0 saturated heterocycles. The third-order valence-electron chi connectivity index (χ3n) is 4.25. The molecule has 4 rings (SSSR count). The number of benzene rings is 2. The van der Waals surface area contributed by atoms with Crippen molar-refractivity contribution in [2.45, 2.75) is 13.8 Å². The van der Waals surface area contributed by atoms with Crippen molar-refractivity contribution in [1.82, 2.24) is 14.8 Å². The second-order valence-corrected chi connectivity index (χ2v) is 5.89. The Morgan fingerprint density at radius 1 is 0.913 bits per heavy atom. The van der Waals surface area contributed by atoms with E-state index in [9.17, 15) is 0 Å². The standard InChI is InChI=1S/C19H18N4/c1-12-10-18(16-6-4-5-7-17(16)20-12)21-14-8-9-15-13(2)23(3)22-19(15)11-14/h4-11H,1-3H3,(H,20,21). The fraction of sp³-hybridized carbons (Fsp3) is 0.158. The summed E-state index contributed by atoms with van der Waals surface area (Å²) in [5, 5.41) is 10.4. The number of nitrogens with one attached hydrogen (secondary N) is 1. The Bertz CT molecular complexity index is 1030. The number of hydrogen-bond donors (Lipinski definition) is 1. The minimum absolute atomic E-state index is 1.00. The molecule has 0 spiro atoms. The monoisotopic (exact) mass is 302 g/mol. The molecule has 1 N–H and O–H groups in total. The van der Waals surface area contributed by atoms with Crippen LogP contribution >= 0.6 is 0 Å². The van der Waals surface area contributed by atoms with Crippen LogP contribution in [-0.4, -0.2) is 14.8 Å². The molecule has 0 fully saturated rings. The van der Waals surface area contributed by atoms with Crippen LogP contribution in [-0.2, 0) is 7.05 Å². The Labute approximate surface area is 134 Å². The molecular weight excluding hydrogens is 284 g/mol. The largest absolute Gasteiger partial charge is 0.355 e. The van der Waals surface area contributed by atoms with Gasteiger partial charge in [-0.1, -0.05) is 18.2 Å². The highest BCUT2D eigenvalue weighted by atomic mass is 15.3. The predicted octanol–water partition coefficient (Wildman–Crippen LogP) is 4.48. The molecule has 0 saturated carbocycles. The van der Waals surface area contributed by atoms with Gasteiger partial charge in [-0.2, -0.15) is 5.10 Å². The number of nitrogens with zero attached hydrogens (tertiary/aromatic N) is 3. The van der Waals surface area contributed by atoms with E-state index in [2.05, 4.69) is 52.7 Å². The first kappa shape index (κ1) is 13.8. The summed E-state index contributed by atoms with van der Waals surface area (Å²) >= 11 is 0. The van der Waals surface area contributed by atoms with E-state index in [4.69, 9.17) is 0 Å². The number of hydrogen-bond acceptors (Lipinski definition) is 3. The van der Waals surface area contributed by atoms with Gasteiger partial charge in [0.05, 0.1) is 11.0 Å². The van der Waals surface area contributed by atoms with Crippen LogP contribution in [0.25, 0.3) is 21.8 Å². The first-order valence-corrected chi connectivity index (χ1v) is 7.68. The first-order valence-electron chi connectivity index (χ1n) is 7.68. The summed E-state index contributed by atoms with van der Waals surface area (Å²) in [5.74, 6) is 0. The van der Waals surface area contributed by atoms with Crippen LogP contribution < -0.4 is 5.32 Å². The quantitative estimate of drug-likeness (QED) is 0.593. The molecule has 0 aliphatic rings. The molecule has 4 nitrogen and oxygen atoms in total. The van der Waals surface area contributed by atoms with Crippen molar-refractivity contribution in [3.8, 4) is 0 Å². The third-order valence-corrected chi connectivity index (χ3v) is 4.25. The maximum Gasteiger partial charge on any atom is 0.0946 e. The number of anilines is 2. The molecule has 114 valence electrons. The van der Waals surface area contributed by atoms with Gasteiger partial charge in [0, 0.05) is 40.6 Å². The molecule has 23 heavy (non-hydrogen) atoms. The van der Waals surface area contributed by atoms with Crippen molar-refractivity contribution in [3.05, 3.63) is 59.9 Å². The van der Waals surface area contributed by atoms with Crippen LogP contribution in [0.4, 0.5) is 11.4 Å². The number of aromatic nitrogens is 3. The first-order chi connectivity index (χ1) is 11.1. The zero-order chi connectivity index (χ0) is 16.0. The van der Waals surface area contributed by atoms with E-state index in [-0.39, 0.29) is 0 Å². The van der Waals surface area contributed by atoms with Crippen LogP contribution in [0, 0.1) is 13.8 Å². The molecule has 0 aliphatic carbocycles. The van der Waals surface area contributed by atoms with Gasteiger partial charge in [-0.15, -0.1) is 0 Å². The van der Waals surface area contributed by atoms with Crippen molar-refractivity contribution < 1.29 is 0 Å². The summed E-state index contributed by atoms with van der Waals surface area (Å²) in [6.45, 7) is 4.10. The summed E-state index contributed by atoms with van der Waals surface area (Å²) in [7, 11) is 1.97. The van der Waals surface area contributed by atoms with Crippen molar-refractivity contribution in [2.75, 3.05) is 5.32 Å². The zero-order valence-electron chi connectivity index (χ0n) is 13.5. The minimum Gasteiger partial charge on any atom is -0.355 e. The average Bonchev–Trinajstić information content (AvgIpc) is 2.81. The molecule has 0 aliphatic heterocycles. The summed E-state index contributed by atoms with van der Waals surface area (Å²) < 4.78 is 1.92. The maximum absolute atomic E-state index is 4.59. The highest BCUT2D eigenvalue weighted by Gasteiger charge is 2.07. The van der Waals surface area contributed by atoms with Crippen LogP contribution in [0.3, 0.4) is 0 Å². The number of fused-ring (bicyclic) bond motifs is 2. The van der Waals surface area contributed by atoms with Crippen LogP contribution in [0.15, 0.2) is 48.5 Å². The summed E-state index contributed by atoms with van der Waals surface area (Å²) in [6, 6.07) is 16.6. The van der Waals surface area contributed by atoms with Crippen LogP contribution in [0.1, 0.15) is 11.4 Å². The Hall–Kier alpha value is -2.88. The average molecular weight is 302 g/mol. The van der Waals surface area contributed by atoms with Gasteiger partial charge < -0.3 is 5.32 Å². The van der Waals surface area contributed by atoms with E-state index < -0.39 is 0 Å². The van der Waals surface area contributed by atoms with Gasteiger partial charge in [-0.3, -0.25) is 9.67 Å². The van der Waals surface area contributed by atoms with E-state index in [0.29, 0.717) is 0 Å².